The van der Waals surface area contributed by atoms with Gasteiger partial charge in [-0.3, -0.25) is 13.8 Å². The van der Waals surface area contributed by atoms with Crippen molar-refractivity contribution >= 4 is 33.3 Å². The Morgan fingerprint density at radius 2 is 1.79 bits per heavy atom. The molecule has 12 nitrogen and oxygen atoms in total. The summed E-state index contributed by atoms with van der Waals surface area (Å²) >= 11 is 1.55. The van der Waals surface area contributed by atoms with Crippen molar-refractivity contribution in [3.05, 3.63) is 82.7 Å². The number of hydrogen-bond donors (Lipinski definition) is 2. The first-order chi connectivity index (χ1) is 24.6. The maximum atomic E-state index is 14.5. The number of amides is 2. The third kappa shape index (κ3) is 9.79. The number of carbonyl (C=O) groups excluding carboxylic acids is 2. The molecule has 0 bridgehead atoms. The number of aliphatic hydroxyl groups excluding tert-OH is 1. The normalized spacial score (nSPS) is 17.0. The minimum Gasteiger partial charge on any atom is -0.475 e. The molecule has 0 spiro atoms. The van der Waals surface area contributed by atoms with Gasteiger partial charge < -0.3 is 24.6 Å². The van der Waals surface area contributed by atoms with E-state index in [0.717, 1.165) is 27.3 Å². The summed E-state index contributed by atoms with van der Waals surface area (Å²) in [5.41, 5.74) is 5.47. The van der Waals surface area contributed by atoms with Gasteiger partial charge in [0.25, 0.3) is 21.9 Å². The quantitative estimate of drug-likeness (QED) is 0.137. The van der Waals surface area contributed by atoms with E-state index in [9.17, 15) is 31.9 Å². The molecule has 280 valence electrons. The van der Waals surface area contributed by atoms with E-state index in [0.29, 0.717) is 0 Å². The molecule has 1 aliphatic heterocycles. The number of aryl methyl sites for hydroxylation is 2. The van der Waals surface area contributed by atoms with E-state index >= 15 is 0 Å². The maximum Gasteiger partial charge on any atom is 0.296 e. The van der Waals surface area contributed by atoms with Crippen molar-refractivity contribution in [3.8, 4) is 16.3 Å². The number of alkyl halides is 2. The minimum absolute atomic E-state index is 0.0500. The number of nitrogens with zero attached hydrogens (tertiary/aromatic N) is 3. The van der Waals surface area contributed by atoms with Gasteiger partial charge in [0.1, 0.15) is 12.0 Å². The van der Waals surface area contributed by atoms with Crippen LogP contribution in [0.1, 0.15) is 61.6 Å². The fourth-order valence-electron chi connectivity index (χ4n) is 5.87. The van der Waals surface area contributed by atoms with E-state index in [-0.39, 0.29) is 42.0 Å². The largest absolute Gasteiger partial charge is 0.475 e. The smallest absolute Gasteiger partial charge is 0.296 e. The topological polar surface area (TPSA) is 161 Å². The Balaban J connectivity index is 1.13. The fourth-order valence-corrected chi connectivity index (χ4v) is 7.59. The number of carbonyl (C=O) groups is 2. The van der Waals surface area contributed by atoms with Crippen LogP contribution in [0.4, 0.5) is 8.78 Å². The van der Waals surface area contributed by atoms with E-state index < -0.39 is 72.0 Å². The van der Waals surface area contributed by atoms with Crippen molar-refractivity contribution in [3.63, 3.8) is 0 Å². The molecular formula is C36H42F2N4O8S2. The van der Waals surface area contributed by atoms with Crippen LogP contribution in [0.3, 0.4) is 0 Å². The van der Waals surface area contributed by atoms with Crippen molar-refractivity contribution < 1.29 is 45.3 Å². The van der Waals surface area contributed by atoms with Crippen LogP contribution >= 0.6 is 11.3 Å². The molecular weight excluding hydrogens is 719 g/mol. The number of hydrogen-bond acceptors (Lipinski definition) is 11. The van der Waals surface area contributed by atoms with Gasteiger partial charge in [0, 0.05) is 38.4 Å². The number of aromatic nitrogens is 2. The first-order valence-corrected chi connectivity index (χ1v) is 19.1. The van der Waals surface area contributed by atoms with E-state index in [4.69, 9.17) is 13.4 Å². The van der Waals surface area contributed by atoms with Crippen molar-refractivity contribution in [2.24, 2.45) is 5.92 Å². The Morgan fingerprint density at radius 3 is 2.44 bits per heavy atom. The highest BCUT2D eigenvalue weighted by atomic mass is 32.2. The van der Waals surface area contributed by atoms with Crippen molar-refractivity contribution in [1.82, 2.24) is 20.4 Å². The molecule has 52 heavy (non-hydrogen) atoms. The summed E-state index contributed by atoms with van der Waals surface area (Å²) in [6.45, 7) is 6.28. The first kappa shape index (κ1) is 39.0. The summed E-state index contributed by atoms with van der Waals surface area (Å²) < 4.78 is 69.3. The summed E-state index contributed by atoms with van der Waals surface area (Å²) in [5.74, 6) is -5.38. The van der Waals surface area contributed by atoms with Gasteiger partial charge in [0.15, 0.2) is 5.76 Å². The zero-order valence-corrected chi connectivity index (χ0v) is 30.9. The Bertz CT molecular complexity index is 1930. The molecule has 1 unspecified atom stereocenters. The second kappa shape index (κ2) is 16.6. The predicted octanol–water partition coefficient (Wildman–Crippen LogP) is 5.63. The van der Waals surface area contributed by atoms with Crippen molar-refractivity contribution in [2.45, 2.75) is 82.4 Å². The van der Waals surface area contributed by atoms with Crippen LogP contribution in [-0.4, -0.2) is 78.2 Å². The number of benzene rings is 2. The van der Waals surface area contributed by atoms with Crippen LogP contribution in [0.5, 0.6) is 5.88 Å². The molecule has 5 rings (SSSR count). The van der Waals surface area contributed by atoms with Gasteiger partial charge in [-0.25, -0.2) is 13.8 Å². The van der Waals surface area contributed by atoms with Crippen molar-refractivity contribution in [1.29, 1.82) is 0 Å². The van der Waals surface area contributed by atoms with Gasteiger partial charge in [-0.05, 0) is 48.2 Å². The van der Waals surface area contributed by atoms with E-state index in [1.165, 1.54) is 23.1 Å². The summed E-state index contributed by atoms with van der Waals surface area (Å²) in [5, 5.41) is 17.1. The highest BCUT2D eigenvalue weighted by Crippen LogP contribution is 2.33. The van der Waals surface area contributed by atoms with Gasteiger partial charge in [0.05, 0.1) is 40.3 Å². The lowest BCUT2D eigenvalue weighted by Gasteiger charge is -2.28. The molecule has 3 heterocycles. The number of β-amino-alcohol motifs (C(OH)–C–C–N with tert-alkyl or cyclic N) is 1. The number of thiazole rings is 1. The molecule has 16 heteroatoms. The molecule has 4 aromatic rings. The third-order valence-corrected chi connectivity index (χ3v) is 11.1. The average molecular weight is 761 g/mol. The number of likely N-dealkylation sites (tertiary alicyclic amines) is 1. The zero-order chi connectivity index (χ0) is 37.6. The monoisotopic (exact) mass is 760 g/mol. The molecule has 2 amide bonds. The highest BCUT2D eigenvalue weighted by Gasteiger charge is 2.43. The zero-order valence-electron chi connectivity index (χ0n) is 29.3. The second-order valence-electron chi connectivity index (χ2n) is 13.2. The summed E-state index contributed by atoms with van der Waals surface area (Å²) in [6, 6.07) is 14.0. The summed E-state index contributed by atoms with van der Waals surface area (Å²) in [7, 11) is -4.18. The van der Waals surface area contributed by atoms with Crippen LogP contribution in [0.25, 0.3) is 10.4 Å². The van der Waals surface area contributed by atoms with Crippen LogP contribution in [0.15, 0.2) is 69.5 Å². The standard InChI is InChI=1S/C36H42F2N4O8S2/c1-22(2)32(30-18-31(41-50-30)48-15-13-36(37,38)14-16-49-52(46,47)28-11-5-23(3)6-12-28)35(45)42-20-27(43)17-29(42)34(44)39-19-25-7-9-26(10-8-25)33-24(4)40-21-51-33/h5-12,18,21-22,27,29,32,43H,13-17,19-20H2,1-4H3,(H,39,44)/t27-,29+,32?/m1/s1. The third-order valence-electron chi connectivity index (χ3n) is 8.77. The Hall–Kier alpha value is -4.25. The summed E-state index contributed by atoms with van der Waals surface area (Å²) in [4.78, 5) is 33.8. The average Bonchev–Trinajstić information content (AvgIpc) is 3.84. The van der Waals surface area contributed by atoms with Gasteiger partial charge in [0.2, 0.25) is 11.8 Å². The molecule has 1 fully saturated rings. The molecule has 0 saturated carbocycles. The molecule has 0 radical (unpaired) electrons. The van der Waals surface area contributed by atoms with Crippen LogP contribution in [0.2, 0.25) is 0 Å². The van der Waals surface area contributed by atoms with Crippen LogP contribution in [-0.2, 0) is 30.4 Å². The SMILES string of the molecule is Cc1ccc(S(=O)(=O)OCCC(F)(F)CCOc2cc(C(C(=O)N3C[C@H](O)C[C@H]3C(=O)NCc3ccc(-c4scnc4C)cc3)C(C)C)on2)cc1. The van der Waals surface area contributed by atoms with E-state index in [2.05, 4.69) is 15.5 Å². The second-order valence-corrected chi connectivity index (χ2v) is 15.6. The van der Waals surface area contributed by atoms with E-state index in [1.807, 2.05) is 31.2 Å². The molecule has 3 atom stereocenters. The lowest BCUT2D eigenvalue weighted by atomic mass is 9.91. The van der Waals surface area contributed by atoms with Crippen LogP contribution < -0.4 is 10.1 Å². The van der Waals surface area contributed by atoms with Gasteiger partial charge in [-0.1, -0.05) is 55.8 Å². The van der Waals surface area contributed by atoms with E-state index in [1.54, 1.807) is 49.8 Å². The Kier molecular flexibility index (Phi) is 12.4. The molecule has 1 aliphatic rings. The number of rotatable bonds is 16. The number of aliphatic hydroxyl groups is 1. The number of nitrogens with one attached hydrogen (secondary N) is 1. The Morgan fingerprint density at radius 1 is 1.10 bits per heavy atom. The Labute approximate surface area is 305 Å². The molecule has 1 saturated heterocycles. The lowest BCUT2D eigenvalue weighted by Crippen LogP contribution is -2.48. The predicted molar refractivity (Wildman–Crippen MR) is 188 cm³/mol. The van der Waals surface area contributed by atoms with Gasteiger partial charge >= 0.3 is 0 Å². The molecule has 0 aliphatic carbocycles. The molecule has 2 aromatic carbocycles. The fraction of sp³-hybridized carbons (Fsp3) is 0.444. The molecule has 2 aromatic heterocycles. The van der Waals surface area contributed by atoms with Crippen molar-refractivity contribution in [2.75, 3.05) is 19.8 Å². The minimum atomic E-state index is -4.18. The first-order valence-electron chi connectivity index (χ1n) is 16.8. The van der Waals surface area contributed by atoms with Gasteiger partial charge in [-0.15, -0.1) is 11.3 Å². The van der Waals surface area contributed by atoms with Gasteiger partial charge in [-0.2, -0.15) is 8.42 Å². The summed E-state index contributed by atoms with van der Waals surface area (Å²) in [6.07, 6.45) is -2.45. The highest BCUT2D eigenvalue weighted by molar-refractivity contribution is 7.86. The number of ether oxygens (including phenoxy) is 1. The number of halogens is 2. The maximum absolute atomic E-state index is 14.5. The lowest BCUT2D eigenvalue weighted by molar-refractivity contribution is -0.141. The molecule has 2 N–H and O–H groups in total. The van der Waals surface area contributed by atoms with Crippen LogP contribution in [0, 0.1) is 19.8 Å².